The molecule has 4 aliphatic rings. The Kier molecular flexibility index (Phi) is 4.51. The molecule has 2 fully saturated rings. The number of hydrogen-bond acceptors (Lipinski definition) is 4. The zero-order valence-electron chi connectivity index (χ0n) is 17.1. The van der Waals surface area contributed by atoms with Gasteiger partial charge in [0.2, 0.25) is 0 Å². The first-order valence-electron chi connectivity index (χ1n) is 10.6. The van der Waals surface area contributed by atoms with Crippen LogP contribution in [-0.2, 0) is 9.53 Å². The predicted octanol–water partition coefficient (Wildman–Crippen LogP) is 5.27. The standard InChI is InChI=1S/C23H33NO3/c1-14(24-26)19-7-8-20-18-6-5-16-13-17(27-15(2)25)9-11-22(16,3)21(18)10-12-23(19,20)4/h5,7,17-18,20-21,26H,6,8-13H2,1-4H3/b24-14-/t17-,18+,20+,21+,22+,23-/m1/s1. The van der Waals surface area contributed by atoms with Crippen molar-refractivity contribution in [3.8, 4) is 0 Å². The Morgan fingerprint density at radius 3 is 2.56 bits per heavy atom. The van der Waals surface area contributed by atoms with E-state index in [1.54, 1.807) is 0 Å². The molecule has 0 bridgehead atoms. The summed E-state index contributed by atoms with van der Waals surface area (Å²) in [5.41, 5.74) is 3.99. The molecule has 4 heteroatoms. The van der Waals surface area contributed by atoms with Gasteiger partial charge in [0.1, 0.15) is 6.10 Å². The Morgan fingerprint density at radius 1 is 1.11 bits per heavy atom. The molecule has 0 saturated heterocycles. The van der Waals surface area contributed by atoms with Crippen LogP contribution in [-0.4, -0.2) is 23.0 Å². The number of rotatable bonds is 2. The van der Waals surface area contributed by atoms with Crippen molar-refractivity contribution in [3.05, 3.63) is 23.3 Å². The van der Waals surface area contributed by atoms with Crippen LogP contribution in [0.5, 0.6) is 0 Å². The highest BCUT2D eigenvalue weighted by atomic mass is 16.5. The molecule has 4 aliphatic carbocycles. The number of carbonyl (C=O) groups is 1. The van der Waals surface area contributed by atoms with Crippen molar-refractivity contribution < 1.29 is 14.7 Å². The summed E-state index contributed by atoms with van der Waals surface area (Å²) in [7, 11) is 0. The summed E-state index contributed by atoms with van der Waals surface area (Å²) in [5, 5.41) is 12.8. The van der Waals surface area contributed by atoms with Gasteiger partial charge in [0.05, 0.1) is 5.71 Å². The summed E-state index contributed by atoms with van der Waals surface area (Å²) in [6, 6.07) is 0. The molecule has 0 aromatic rings. The molecule has 0 unspecified atom stereocenters. The van der Waals surface area contributed by atoms with Crippen molar-refractivity contribution in [2.75, 3.05) is 0 Å². The predicted molar refractivity (Wildman–Crippen MR) is 106 cm³/mol. The maximum Gasteiger partial charge on any atom is 0.302 e. The molecule has 0 aliphatic heterocycles. The normalized spacial score (nSPS) is 43.8. The molecule has 4 rings (SSSR count). The molecule has 1 N–H and O–H groups in total. The quantitative estimate of drug-likeness (QED) is 0.237. The lowest BCUT2D eigenvalue weighted by molar-refractivity contribution is -0.148. The highest BCUT2D eigenvalue weighted by Crippen LogP contribution is 2.65. The van der Waals surface area contributed by atoms with E-state index in [0.717, 1.165) is 37.8 Å². The van der Waals surface area contributed by atoms with Crippen LogP contribution >= 0.6 is 0 Å². The average molecular weight is 372 g/mol. The summed E-state index contributed by atoms with van der Waals surface area (Å²) in [4.78, 5) is 11.4. The molecule has 148 valence electrons. The topological polar surface area (TPSA) is 58.9 Å². The lowest BCUT2D eigenvalue weighted by Crippen LogP contribution is -2.50. The van der Waals surface area contributed by atoms with E-state index in [-0.39, 0.29) is 22.9 Å². The number of fused-ring (bicyclic) bond motifs is 5. The van der Waals surface area contributed by atoms with Gasteiger partial charge in [-0.05, 0) is 79.6 Å². The Labute approximate surface area is 162 Å². The third kappa shape index (κ3) is 2.78. The molecule has 0 aromatic carbocycles. The van der Waals surface area contributed by atoms with Crippen LogP contribution in [0.4, 0.5) is 0 Å². The second kappa shape index (κ2) is 6.49. The zero-order chi connectivity index (χ0) is 19.4. The largest absolute Gasteiger partial charge is 0.462 e. The zero-order valence-corrected chi connectivity index (χ0v) is 17.1. The van der Waals surface area contributed by atoms with E-state index in [0.29, 0.717) is 17.8 Å². The van der Waals surface area contributed by atoms with Crippen molar-refractivity contribution in [2.45, 2.75) is 78.7 Å². The monoisotopic (exact) mass is 371 g/mol. The molecule has 0 amide bonds. The van der Waals surface area contributed by atoms with Gasteiger partial charge >= 0.3 is 5.97 Å². The van der Waals surface area contributed by atoms with Crippen molar-refractivity contribution in [2.24, 2.45) is 33.7 Å². The van der Waals surface area contributed by atoms with Gasteiger partial charge in [-0.15, -0.1) is 0 Å². The van der Waals surface area contributed by atoms with Crippen molar-refractivity contribution in [3.63, 3.8) is 0 Å². The second-order valence-electron chi connectivity index (χ2n) is 9.73. The smallest absolute Gasteiger partial charge is 0.302 e. The van der Waals surface area contributed by atoms with Crippen LogP contribution in [0.25, 0.3) is 0 Å². The lowest BCUT2D eigenvalue weighted by atomic mass is 9.47. The van der Waals surface area contributed by atoms with E-state index in [1.807, 2.05) is 6.92 Å². The first kappa shape index (κ1) is 18.8. The fourth-order valence-electron chi connectivity index (χ4n) is 7.14. The van der Waals surface area contributed by atoms with Gasteiger partial charge in [0, 0.05) is 13.3 Å². The first-order chi connectivity index (χ1) is 12.8. The fraction of sp³-hybridized carbons (Fsp3) is 0.739. The number of hydrogen-bond donors (Lipinski definition) is 1. The molecule has 4 nitrogen and oxygen atoms in total. The van der Waals surface area contributed by atoms with E-state index in [4.69, 9.17) is 4.74 Å². The van der Waals surface area contributed by atoms with Crippen LogP contribution in [0.1, 0.15) is 72.6 Å². The summed E-state index contributed by atoms with van der Waals surface area (Å²) >= 11 is 0. The molecule has 0 aromatic heterocycles. The summed E-state index contributed by atoms with van der Waals surface area (Å²) in [5.74, 6) is 1.90. The minimum atomic E-state index is -0.156. The molecule has 27 heavy (non-hydrogen) atoms. The van der Waals surface area contributed by atoms with E-state index in [1.165, 1.54) is 30.9 Å². The first-order valence-corrected chi connectivity index (χ1v) is 10.6. The molecule has 0 spiro atoms. The van der Waals surface area contributed by atoms with Crippen LogP contribution in [0.15, 0.2) is 28.5 Å². The van der Waals surface area contributed by atoms with Crippen LogP contribution in [0.3, 0.4) is 0 Å². The highest BCUT2D eigenvalue weighted by Gasteiger charge is 2.57. The lowest BCUT2D eigenvalue weighted by Gasteiger charge is -2.57. The molecule has 0 heterocycles. The molecule has 6 atom stereocenters. The van der Waals surface area contributed by atoms with Gasteiger partial charge in [-0.2, -0.15) is 0 Å². The Balaban J connectivity index is 1.59. The molecule has 2 saturated carbocycles. The van der Waals surface area contributed by atoms with Crippen molar-refractivity contribution >= 4 is 11.7 Å². The molecule has 0 radical (unpaired) electrons. The van der Waals surface area contributed by atoms with E-state index in [9.17, 15) is 10.0 Å². The Morgan fingerprint density at radius 2 is 1.85 bits per heavy atom. The highest BCUT2D eigenvalue weighted by molar-refractivity contribution is 5.99. The van der Waals surface area contributed by atoms with E-state index >= 15 is 0 Å². The minimum Gasteiger partial charge on any atom is -0.462 e. The minimum absolute atomic E-state index is 0.0652. The van der Waals surface area contributed by atoms with Crippen LogP contribution in [0, 0.1) is 28.6 Å². The van der Waals surface area contributed by atoms with Crippen molar-refractivity contribution in [1.82, 2.24) is 0 Å². The summed E-state index contributed by atoms with van der Waals surface area (Å²) in [6.07, 6.45) is 12.6. The number of oxime groups is 1. The van der Waals surface area contributed by atoms with Gasteiger partial charge < -0.3 is 9.94 Å². The summed E-state index contributed by atoms with van der Waals surface area (Å²) < 4.78 is 5.53. The van der Waals surface area contributed by atoms with Crippen LogP contribution < -0.4 is 0 Å². The second-order valence-corrected chi connectivity index (χ2v) is 9.73. The number of allylic oxidation sites excluding steroid dienone is 3. The third-order valence-electron chi connectivity index (χ3n) is 8.51. The Hall–Kier alpha value is -1.58. The van der Waals surface area contributed by atoms with Crippen LogP contribution in [0.2, 0.25) is 0 Å². The number of nitrogens with zero attached hydrogens (tertiary/aromatic N) is 1. The van der Waals surface area contributed by atoms with Gasteiger partial charge in [-0.25, -0.2) is 0 Å². The third-order valence-corrected chi connectivity index (χ3v) is 8.51. The number of ether oxygens (including phenoxy) is 1. The SMILES string of the molecule is CC(=O)O[C@@H]1CC[C@@]2(C)C(=CC[C@@H]3[C@@H]2CC[C@]2(C)C(/C(C)=N\O)=CC[C@@H]32)C1. The summed E-state index contributed by atoms with van der Waals surface area (Å²) in [6.45, 7) is 8.30. The average Bonchev–Trinajstić information content (AvgIpc) is 2.98. The Bertz CT molecular complexity index is 736. The maximum atomic E-state index is 11.4. The number of esters is 1. The molecular formula is C23H33NO3. The van der Waals surface area contributed by atoms with Gasteiger partial charge in [-0.1, -0.05) is 36.7 Å². The van der Waals surface area contributed by atoms with Gasteiger partial charge in [0.25, 0.3) is 0 Å². The number of carbonyl (C=O) groups excluding carboxylic acids is 1. The van der Waals surface area contributed by atoms with E-state index < -0.39 is 0 Å². The van der Waals surface area contributed by atoms with Crippen molar-refractivity contribution in [1.29, 1.82) is 0 Å². The maximum absolute atomic E-state index is 11.4. The van der Waals surface area contributed by atoms with Gasteiger partial charge in [-0.3, -0.25) is 4.79 Å². The van der Waals surface area contributed by atoms with E-state index in [2.05, 4.69) is 31.2 Å². The fourth-order valence-corrected chi connectivity index (χ4v) is 7.14. The molecular weight excluding hydrogens is 338 g/mol. The van der Waals surface area contributed by atoms with Gasteiger partial charge in [0.15, 0.2) is 0 Å².